The molecule has 0 fully saturated rings. The predicted molar refractivity (Wildman–Crippen MR) is 81.7 cm³/mol. The standard InChI is InChI=1S/C15H10F3N3O2S/c1-8-19-14(23-21-8)12-11(5-6-24-12)20-13(22)9-3-2-4-10(7-9)15(16,17)18/h2-7H,1H3,(H,20,22). The van der Waals surface area contributed by atoms with Gasteiger partial charge in [0, 0.05) is 5.56 Å². The Labute approximate surface area is 138 Å². The van der Waals surface area contributed by atoms with Crippen LogP contribution in [0, 0.1) is 6.92 Å². The number of alkyl halides is 3. The van der Waals surface area contributed by atoms with E-state index in [9.17, 15) is 18.0 Å². The van der Waals surface area contributed by atoms with Crippen molar-refractivity contribution < 1.29 is 22.5 Å². The van der Waals surface area contributed by atoms with Crippen molar-refractivity contribution in [3.63, 3.8) is 0 Å². The summed E-state index contributed by atoms with van der Waals surface area (Å²) in [7, 11) is 0. The Hall–Kier alpha value is -2.68. The van der Waals surface area contributed by atoms with Crippen LogP contribution in [0.1, 0.15) is 21.7 Å². The first-order valence-corrected chi connectivity index (χ1v) is 7.59. The van der Waals surface area contributed by atoms with E-state index < -0.39 is 17.6 Å². The number of carbonyl (C=O) groups excluding carboxylic acids is 1. The van der Waals surface area contributed by atoms with Crippen LogP contribution in [0.4, 0.5) is 18.9 Å². The van der Waals surface area contributed by atoms with E-state index in [1.165, 1.54) is 23.5 Å². The molecule has 1 amide bonds. The second-order valence-corrected chi connectivity index (χ2v) is 5.76. The fraction of sp³-hybridized carbons (Fsp3) is 0.133. The van der Waals surface area contributed by atoms with Gasteiger partial charge in [-0.3, -0.25) is 4.79 Å². The Bertz CT molecular complexity index is 886. The van der Waals surface area contributed by atoms with Crippen LogP contribution in [-0.4, -0.2) is 16.0 Å². The van der Waals surface area contributed by atoms with Gasteiger partial charge in [0.2, 0.25) is 0 Å². The second kappa shape index (κ2) is 6.08. The van der Waals surface area contributed by atoms with Gasteiger partial charge in [0.05, 0.1) is 11.3 Å². The zero-order chi connectivity index (χ0) is 17.3. The van der Waals surface area contributed by atoms with Crippen LogP contribution in [0.5, 0.6) is 0 Å². The van der Waals surface area contributed by atoms with E-state index >= 15 is 0 Å². The maximum absolute atomic E-state index is 12.7. The van der Waals surface area contributed by atoms with Gasteiger partial charge in [-0.1, -0.05) is 11.2 Å². The Morgan fingerprint density at radius 2 is 2.08 bits per heavy atom. The number of thiophene rings is 1. The van der Waals surface area contributed by atoms with Crippen molar-refractivity contribution in [1.82, 2.24) is 10.1 Å². The number of aryl methyl sites for hydroxylation is 1. The molecule has 1 aromatic carbocycles. The molecule has 3 rings (SSSR count). The number of halogens is 3. The molecule has 0 unspecified atom stereocenters. The molecule has 1 N–H and O–H groups in total. The van der Waals surface area contributed by atoms with E-state index in [2.05, 4.69) is 15.5 Å². The maximum Gasteiger partial charge on any atom is 0.416 e. The number of rotatable bonds is 3. The summed E-state index contributed by atoms with van der Waals surface area (Å²) in [5, 5.41) is 7.95. The Morgan fingerprint density at radius 1 is 1.29 bits per heavy atom. The van der Waals surface area contributed by atoms with Gasteiger partial charge in [-0.25, -0.2) is 0 Å². The number of nitrogens with one attached hydrogen (secondary N) is 1. The molecule has 9 heteroatoms. The number of hydrogen-bond acceptors (Lipinski definition) is 5. The highest BCUT2D eigenvalue weighted by Crippen LogP contribution is 2.33. The number of anilines is 1. The van der Waals surface area contributed by atoms with Crippen molar-refractivity contribution in [3.05, 3.63) is 52.7 Å². The average Bonchev–Trinajstić information content (AvgIpc) is 3.15. The van der Waals surface area contributed by atoms with Crippen LogP contribution in [-0.2, 0) is 6.18 Å². The quantitative estimate of drug-likeness (QED) is 0.759. The van der Waals surface area contributed by atoms with E-state index in [0.29, 0.717) is 16.4 Å². The van der Waals surface area contributed by atoms with Gasteiger partial charge in [-0.15, -0.1) is 11.3 Å². The number of hydrogen-bond donors (Lipinski definition) is 1. The SMILES string of the molecule is Cc1noc(-c2sccc2NC(=O)c2cccc(C(F)(F)F)c2)n1. The van der Waals surface area contributed by atoms with Crippen LogP contribution in [0.2, 0.25) is 0 Å². The van der Waals surface area contributed by atoms with Crippen molar-refractivity contribution in [3.8, 4) is 10.8 Å². The molecule has 5 nitrogen and oxygen atoms in total. The predicted octanol–water partition coefficient (Wildman–Crippen LogP) is 4.38. The first-order chi connectivity index (χ1) is 11.3. The lowest BCUT2D eigenvalue weighted by Crippen LogP contribution is -2.14. The molecule has 0 aliphatic carbocycles. The van der Waals surface area contributed by atoms with Gasteiger partial charge in [0.15, 0.2) is 5.82 Å². The smallest absolute Gasteiger partial charge is 0.333 e. The molecule has 24 heavy (non-hydrogen) atoms. The zero-order valence-electron chi connectivity index (χ0n) is 12.2. The number of carbonyl (C=O) groups is 1. The molecule has 0 radical (unpaired) electrons. The summed E-state index contributed by atoms with van der Waals surface area (Å²) in [6.45, 7) is 1.65. The summed E-state index contributed by atoms with van der Waals surface area (Å²) in [5.41, 5.74) is -0.581. The van der Waals surface area contributed by atoms with E-state index in [-0.39, 0.29) is 11.5 Å². The van der Waals surface area contributed by atoms with Crippen molar-refractivity contribution in [2.45, 2.75) is 13.1 Å². The van der Waals surface area contributed by atoms with Crippen molar-refractivity contribution in [1.29, 1.82) is 0 Å². The Kier molecular flexibility index (Phi) is 4.10. The van der Waals surface area contributed by atoms with Crippen LogP contribution in [0.25, 0.3) is 10.8 Å². The second-order valence-electron chi connectivity index (χ2n) is 4.84. The molecule has 2 aromatic heterocycles. The Balaban J connectivity index is 1.85. The van der Waals surface area contributed by atoms with Gasteiger partial charge < -0.3 is 9.84 Å². The van der Waals surface area contributed by atoms with Crippen molar-refractivity contribution in [2.75, 3.05) is 5.32 Å². The molecule has 0 saturated carbocycles. The number of aromatic nitrogens is 2. The molecular weight excluding hydrogens is 343 g/mol. The van der Waals surface area contributed by atoms with E-state index in [1.54, 1.807) is 18.4 Å². The van der Waals surface area contributed by atoms with Gasteiger partial charge in [0.1, 0.15) is 4.88 Å². The highest BCUT2D eigenvalue weighted by Gasteiger charge is 2.31. The third kappa shape index (κ3) is 3.30. The van der Waals surface area contributed by atoms with Gasteiger partial charge >= 0.3 is 6.18 Å². The fourth-order valence-corrected chi connectivity index (χ4v) is 2.76. The third-order valence-electron chi connectivity index (χ3n) is 3.09. The highest BCUT2D eigenvalue weighted by molar-refractivity contribution is 7.14. The fourth-order valence-electron chi connectivity index (χ4n) is 1.99. The van der Waals surface area contributed by atoms with Gasteiger partial charge in [-0.2, -0.15) is 18.2 Å². The van der Waals surface area contributed by atoms with Crippen LogP contribution >= 0.6 is 11.3 Å². The molecule has 0 atom stereocenters. The summed E-state index contributed by atoms with van der Waals surface area (Å²) < 4.78 is 43.3. The molecule has 0 aliphatic heterocycles. The Morgan fingerprint density at radius 3 is 2.75 bits per heavy atom. The summed E-state index contributed by atoms with van der Waals surface area (Å²) >= 11 is 1.27. The first kappa shape index (κ1) is 16.2. The lowest BCUT2D eigenvalue weighted by Gasteiger charge is -2.09. The minimum atomic E-state index is -4.51. The van der Waals surface area contributed by atoms with Gasteiger partial charge in [0.25, 0.3) is 11.8 Å². The van der Waals surface area contributed by atoms with E-state index in [1.807, 2.05) is 0 Å². The van der Waals surface area contributed by atoms with E-state index in [4.69, 9.17) is 4.52 Å². The lowest BCUT2D eigenvalue weighted by atomic mass is 10.1. The molecular formula is C15H10F3N3O2S. The van der Waals surface area contributed by atoms with Crippen LogP contribution < -0.4 is 5.32 Å². The highest BCUT2D eigenvalue weighted by atomic mass is 32.1. The first-order valence-electron chi connectivity index (χ1n) is 6.71. The van der Waals surface area contributed by atoms with Crippen LogP contribution in [0.15, 0.2) is 40.2 Å². The summed E-state index contributed by atoms with van der Waals surface area (Å²) in [5.74, 6) is 0.0207. The monoisotopic (exact) mass is 353 g/mol. The molecule has 3 aromatic rings. The minimum absolute atomic E-state index is 0.0938. The largest absolute Gasteiger partial charge is 0.416 e. The molecule has 0 aliphatic rings. The number of nitrogens with zero attached hydrogens (tertiary/aromatic N) is 2. The van der Waals surface area contributed by atoms with E-state index in [0.717, 1.165) is 12.1 Å². The molecule has 124 valence electrons. The zero-order valence-corrected chi connectivity index (χ0v) is 13.0. The lowest BCUT2D eigenvalue weighted by molar-refractivity contribution is -0.137. The molecule has 2 heterocycles. The van der Waals surface area contributed by atoms with Gasteiger partial charge in [-0.05, 0) is 36.6 Å². The maximum atomic E-state index is 12.7. The minimum Gasteiger partial charge on any atom is -0.333 e. The third-order valence-corrected chi connectivity index (χ3v) is 3.99. The normalized spacial score (nSPS) is 11.5. The van der Waals surface area contributed by atoms with Crippen molar-refractivity contribution >= 4 is 22.9 Å². The molecule has 0 bridgehead atoms. The summed E-state index contributed by atoms with van der Waals surface area (Å²) in [6, 6.07) is 5.83. The summed E-state index contributed by atoms with van der Waals surface area (Å²) in [6.07, 6.45) is -4.51. The summed E-state index contributed by atoms with van der Waals surface area (Å²) in [4.78, 5) is 16.9. The molecule has 0 spiro atoms. The molecule has 0 saturated heterocycles. The number of benzene rings is 1. The average molecular weight is 353 g/mol. The van der Waals surface area contributed by atoms with Crippen molar-refractivity contribution in [2.24, 2.45) is 0 Å². The van der Waals surface area contributed by atoms with Crippen LogP contribution in [0.3, 0.4) is 0 Å². The topological polar surface area (TPSA) is 68.0 Å². The number of amides is 1.